The molecular weight excluding hydrogens is 222 g/mol. The lowest BCUT2D eigenvalue weighted by molar-refractivity contribution is 0.474. The second kappa shape index (κ2) is 5.03. The van der Waals surface area contributed by atoms with E-state index in [4.69, 9.17) is 0 Å². The summed E-state index contributed by atoms with van der Waals surface area (Å²) < 4.78 is 1.87. The third-order valence-corrected chi connectivity index (χ3v) is 3.17. The summed E-state index contributed by atoms with van der Waals surface area (Å²) in [5.74, 6) is 2.01. The Morgan fingerprint density at radius 2 is 2.31 bits per heavy atom. The molecule has 84 valence electrons. The molecule has 16 heavy (non-hydrogen) atoms. The lowest BCUT2D eigenvalue weighted by Crippen LogP contribution is -2.01. The molecule has 0 saturated heterocycles. The minimum atomic E-state index is 0.293. The van der Waals surface area contributed by atoms with Crippen LogP contribution in [0.25, 0.3) is 0 Å². The van der Waals surface area contributed by atoms with Gasteiger partial charge in [0.1, 0.15) is 17.9 Å². The number of aromatic nitrogens is 3. The molecule has 0 aliphatic rings. The third-order valence-electron chi connectivity index (χ3n) is 2.18. The van der Waals surface area contributed by atoms with E-state index < -0.39 is 0 Å². The van der Waals surface area contributed by atoms with Crippen LogP contribution in [0.15, 0.2) is 35.5 Å². The first-order chi connectivity index (χ1) is 7.79. The Balaban J connectivity index is 2.02. The first-order valence-corrected chi connectivity index (χ1v) is 6.06. The van der Waals surface area contributed by atoms with E-state index in [2.05, 4.69) is 10.1 Å². The molecule has 0 radical (unpaired) electrons. The maximum atomic E-state index is 9.32. The van der Waals surface area contributed by atoms with Crippen molar-refractivity contribution >= 4 is 11.8 Å². The van der Waals surface area contributed by atoms with Gasteiger partial charge in [0.2, 0.25) is 0 Å². The molecule has 0 aliphatic carbocycles. The molecule has 0 amide bonds. The molecule has 0 aliphatic heterocycles. The Labute approximate surface area is 98.3 Å². The second-order valence-electron chi connectivity index (χ2n) is 3.28. The maximum Gasteiger partial charge on any atom is 0.138 e. The van der Waals surface area contributed by atoms with Crippen molar-refractivity contribution in [2.45, 2.75) is 24.1 Å². The number of phenols is 1. The van der Waals surface area contributed by atoms with Crippen LogP contribution in [-0.2, 0) is 12.3 Å². The predicted octanol–water partition coefficient (Wildman–Crippen LogP) is 2.30. The van der Waals surface area contributed by atoms with Gasteiger partial charge in [-0.2, -0.15) is 5.10 Å². The average molecular weight is 235 g/mol. The number of hydrogen-bond acceptors (Lipinski definition) is 4. The Morgan fingerprint density at radius 3 is 3.06 bits per heavy atom. The van der Waals surface area contributed by atoms with Gasteiger partial charge in [0.05, 0.1) is 5.75 Å². The number of hydrogen-bond donors (Lipinski definition) is 1. The van der Waals surface area contributed by atoms with Crippen molar-refractivity contribution in [2.24, 2.45) is 0 Å². The molecule has 4 nitrogen and oxygen atoms in total. The van der Waals surface area contributed by atoms with E-state index in [-0.39, 0.29) is 0 Å². The van der Waals surface area contributed by atoms with Crippen LogP contribution in [0.1, 0.15) is 12.7 Å². The average Bonchev–Trinajstić information content (AvgIpc) is 2.74. The van der Waals surface area contributed by atoms with Crippen LogP contribution in [0.2, 0.25) is 0 Å². The Bertz CT molecular complexity index is 470. The van der Waals surface area contributed by atoms with E-state index in [1.165, 1.54) is 0 Å². The normalized spacial score (nSPS) is 10.6. The fraction of sp³-hybridized carbons (Fsp3) is 0.273. The van der Waals surface area contributed by atoms with Crippen molar-refractivity contribution in [3.63, 3.8) is 0 Å². The van der Waals surface area contributed by atoms with Crippen LogP contribution in [0.4, 0.5) is 0 Å². The molecule has 5 heteroatoms. The smallest absolute Gasteiger partial charge is 0.138 e. The zero-order chi connectivity index (χ0) is 11.4. The van der Waals surface area contributed by atoms with Gasteiger partial charge >= 0.3 is 0 Å². The molecular formula is C11H13N3OS. The Morgan fingerprint density at radius 1 is 1.44 bits per heavy atom. The van der Waals surface area contributed by atoms with Gasteiger partial charge in [-0.25, -0.2) is 9.67 Å². The van der Waals surface area contributed by atoms with Gasteiger partial charge in [-0.15, -0.1) is 11.8 Å². The highest BCUT2D eigenvalue weighted by Crippen LogP contribution is 2.24. The summed E-state index contributed by atoms with van der Waals surface area (Å²) in [6, 6.07) is 7.22. The minimum Gasteiger partial charge on any atom is -0.508 e. The Kier molecular flexibility index (Phi) is 3.46. The van der Waals surface area contributed by atoms with Crippen LogP contribution < -0.4 is 0 Å². The highest BCUT2D eigenvalue weighted by Gasteiger charge is 2.03. The summed E-state index contributed by atoms with van der Waals surface area (Å²) in [5.41, 5.74) is 0. The summed E-state index contributed by atoms with van der Waals surface area (Å²) in [4.78, 5) is 5.23. The van der Waals surface area contributed by atoms with E-state index in [0.717, 1.165) is 23.0 Å². The molecule has 0 saturated carbocycles. The number of nitrogens with zero attached hydrogens (tertiary/aromatic N) is 3. The van der Waals surface area contributed by atoms with Gasteiger partial charge in [0.25, 0.3) is 0 Å². The molecule has 1 aromatic carbocycles. The molecule has 0 unspecified atom stereocenters. The monoisotopic (exact) mass is 235 g/mol. The quantitative estimate of drug-likeness (QED) is 0.826. The summed E-state index contributed by atoms with van der Waals surface area (Å²) in [6.07, 6.45) is 1.57. The SMILES string of the molecule is CCn1ncnc1CSc1cccc(O)c1. The van der Waals surface area contributed by atoms with E-state index >= 15 is 0 Å². The molecule has 2 rings (SSSR count). The molecule has 0 atom stereocenters. The number of rotatable bonds is 4. The lowest BCUT2D eigenvalue weighted by atomic mass is 10.3. The van der Waals surface area contributed by atoms with Gasteiger partial charge < -0.3 is 5.11 Å². The molecule has 2 aromatic rings. The number of phenolic OH excluding ortho intramolecular Hbond substituents is 1. The third kappa shape index (κ3) is 2.55. The summed E-state index contributed by atoms with van der Waals surface area (Å²) in [5, 5.41) is 13.4. The summed E-state index contributed by atoms with van der Waals surface area (Å²) >= 11 is 1.64. The summed E-state index contributed by atoms with van der Waals surface area (Å²) in [7, 11) is 0. The second-order valence-corrected chi connectivity index (χ2v) is 4.33. The molecule has 1 heterocycles. The van der Waals surface area contributed by atoms with Crippen LogP contribution in [0.3, 0.4) is 0 Å². The zero-order valence-corrected chi connectivity index (χ0v) is 9.81. The van der Waals surface area contributed by atoms with Gasteiger partial charge in [-0.1, -0.05) is 6.07 Å². The minimum absolute atomic E-state index is 0.293. The predicted molar refractivity (Wildman–Crippen MR) is 63.4 cm³/mol. The topological polar surface area (TPSA) is 50.9 Å². The molecule has 0 fully saturated rings. The van der Waals surface area contributed by atoms with Crippen LogP contribution in [0.5, 0.6) is 5.75 Å². The maximum absolute atomic E-state index is 9.32. The van der Waals surface area contributed by atoms with Crippen molar-refractivity contribution in [3.8, 4) is 5.75 Å². The largest absolute Gasteiger partial charge is 0.508 e. The van der Waals surface area contributed by atoms with Gasteiger partial charge in [-0.05, 0) is 25.1 Å². The molecule has 0 spiro atoms. The van der Waals surface area contributed by atoms with E-state index in [9.17, 15) is 5.11 Å². The fourth-order valence-corrected chi connectivity index (χ4v) is 2.28. The van der Waals surface area contributed by atoms with Crippen LogP contribution in [-0.4, -0.2) is 19.9 Å². The first kappa shape index (κ1) is 11.0. The standard InChI is InChI=1S/C11H13N3OS/c1-2-14-11(12-8-13-14)7-16-10-5-3-4-9(15)6-10/h3-6,8,15H,2,7H2,1H3. The van der Waals surface area contributed by atoms with E-state index in [1.807, 2.05) is 23.7 Å². The first-order valence-electron chi connectivity index (χ1n) is 5.08. The highest BCUT2D eigenvalue weighted by atomic mass is 32.2. The fourth-order valence-electron chi connectivity index (χ4n) is 1.39. The number of benzene rings is 1. The molecule has 1 N–H and O–H groups in total. The van der Waals surface area contributed by atoms with Gasteiger partial charge in [0, 0.05) is 11.4 Å². The van der Waals surface area contributed by atoms with Crippen molar-refractivity contribution in [2.75, 3.05) is 0 Å². The molecule has 0 bridgehead atoms. The van der Waals surface area contributed by atoms with Gasteiger partial charge in [-0.3, -0.25) is 0 Å². The van der Waals surface area contributed by atoms with Crippen molar-refractivity contribution < 1.29 is 5.11 Å². The van der Waals surface area contributed by atoms with Crippen molar-refractivity contribution in [1.29, 1.82) is 0 Å². The van der Waals surface area contributed by atoms with Crippen molar-refractivity contribution in [1.82, 2.24) is 14.8 Å². The zero-order valence-electron chi connectivity index (χ0n) is 9.00. The Hall–Kier alpha value is -1.49. The molecule has 1 aromatic heterocycles. The van der Waals surface area contributed by atoms with Crippen LogP contribution in [0, 0.1) is 0 Å². The number of aromatic hydroxyl groups is 1. The van der Waals surface area contributed by atoms with Gasteiger partial charge in [0.15, 0.2) is 0 Å². The lowest BCUT2D eigenvalue weighted by Gasteiger charge is -2.03. The number of aryl methyl sites for hydroxylation is 1. The number of thioether (sulfide) groups is 1. The van der Waals surface area contributed by atoms with E-state index in [1.54, 1.807) is 30.2 Å². The van der Waals surface area contributed by atoms with Crippen molar-refractivity contribution in [3.05, 3.63) is 36.4 Å². The highest BCUT2D eigenvalue weighted by molar-refractivity contribution is 7.98. The summed E-state index contributed by atoms with van der Waals surface area (Å²) in [6.45, 7) is 2.87. The van der Waals surface area contributed by atoms with E-state index in [0.29, 0.717) is 5.75 Å². The van der Waals surface area contributed by atoms with Crippen LogP contribution >= 0.6 is 11.8 Å².